The highest BCUT2D eigenvalue weighted by Crippen LogP contribution is 2.30. The van der Waals surface area contributed by atoms with Crippen molar-refractivity contribution in [2.24, 2.45) is 0 Å². The molecule has 1 fully saturated rings. The summed E-state index contributed by atoms with van der Waals surface area (Å²) in [7, 11) is -1.49. The fourth-order valence-electron chi connectivity index (χ4n) is 3.01. The van der Waals surface area contributed by atoms with Gasteiger partial charge in [-0.05, 0) is 37.3 Å². The highest BCUT2D eigenvalue weighted by molar-refractivity contribution is 7.91. The second kappa shape index (κ2) is 6.24. The molecule has 0 N–H and O–H groups in total. The summed E-state index contributed by atoms with van der Waals surface area (Å²) in [6.07, 6.45) is 3.57. The number of amides is 1. The number of fused-ring (bicyclic) bond motifs is 1. The number of ether oxygens (including phenoxy) is 1. The topological polar surface area (TPSA) is 80.8 Å². The Bertz CT molecular complexity index is 716. The predicted octanol–water partition coefficient (Wildman–Crippen LogP) is 1.04. The van der Waals surface area contributed by atoms with Crippen LogP contribution < -0.4 is 0 Å². The minimum absolute atomic E-state index is 0.0131. The Balaban J connectivity index is 1.53. The van der Waals surface area contributed by atoms with E-state index < -0.39 is 15.8 Å². The SMILES string of the molecule is CN(C(=O)COC(=O)c1cc2c(s1)CCC2)C1CCS(=O)(=O)C1. The maximum Gasteiger partial charge on any atom is 0.348 e. The first kappa shape index (κ1) is 16.4. The molecule has 3 rings (SSSR count). The van der Waals surface area contributed by atoms with Crippen LogP contribution in [0.1, 0.15) is 33.0 Å². The summed E-state index contributed by atoms with van der Waals surface area (Å²) in [5.41, 5.74) is 1.21. The van der Waals surface area contributed by atoms with Crippen LogP contribution in [0.3, 0.4) is 0 Å². The number of hydrogen-bond donors (Lipinski definition) is 0. The molecule has 1 aromatic heterocycles. The summed E-state index contributed by atoms with van der Waals surface area (Å²) < 4.78 is 28.0. The lowest BCUT2D eigenvalue weighted by molar-refractivity contribution is -0.134. The molecule has 1 unspecified atom stereocenters. The summed E-state index contributed by atoms with van der Waals surface area (Å²) in [5, 5.41) is 0. The van der Waals surface area contributed by atoms with Crippen molar-refractivity contribution in [1.82, 2.24) is 4.90 Å². The molecule has 0 spiro atoms. The highest BCUT2D eigenvalue weighted by Gasteiger charge is 2.33. The van der Waals surface area contributed by atoms with Crippen LogP contribution in [0.4, 0.5) is 0 Å². The molecule has 0 radical (unpaired) electrons. The van der Waals surface area contributed by atoms with Crippen LogP contribution in [0.2, 0.25) is 0 Å². The van der Waals surface area contributed by atoms with E-state index in [1.807, 2.05) is 6.07 Å². The zero-order valence-corrected chi connectivity index (χ0v) is 14.5. The summed E-state index contributed by atoms with van der Waals surface area (Å²) in [6.45, 7) is -0.353. The number of thiophene rings is 1. The van der Waals surface area contributed by atoms with Crippen molar-refractivity contribution >= 4 is 33.1 Å². The Kier molecular flexibility index (Phi) is 4.46. The zero-order valence-electron chi connectivity index (χ0n) is 12.9. The summed E-state index contributed by atoms with van der Waals surface area (Å²) in [4.78, 5) is 27.2. The summed E-state index contributed by atoms with van der Waals surface area (Å²) >= 11 is 1.44. The Morgan fingerprint density at radius 3 is 2.83 bits per heavy atom. The van der Waals surface area contributed by atoms with Gasteiger partial charge in [0, 0.05) is 18.0 Å². The summed E-state index contributed by atoms with van der Waals surface area (Å²) in [6, 6.07) is 1.53. The Morgan fingerprint density at radius 1 is 1.39 bits per heavy atom. The number of carbonyl (C=O) groups excluding carboxylic acids is 2. The molecule has 0 saturated carbocycles. The molecule has 6 nitrogen and oxygen atoms in total. The van der Waals surface area contributed by atoms with E-state index in [4.69, 9.17) is 4.74 Å². The monoisotopic (exact) mass is 357 g/mol. The van der Waals surface area contributed by atoms with Crippen molar-refractivity contribution in [3.05, 3.63) is 21.4 Å². The van der Waals surface area contributed by atoms with E-state index in [0.717, 1.165) is 19.3 Å². The van der Waals surface area contributed by atoms with E-state index in [2.05, 4.69) is 0 Å². The van der Waals surface area contributed by atoms with Crippen LogP contribution in [0.25, 0.3) is 0 Å². The average molecular weight is 357 g/mol. The highest BCUT2D eigenvalue weighted by atomic mass is 32.2. The molecule has 1 amide bonds. The van der Waals surface area contributed by atoms with Gasteiger partial charge in [0.2, 0.25) is 0 Å². The average Bonchev–Trinajstić information content (AvgIpc) is 3.17. The van der Waals surface area contributed by atoms with E-state index >= 15 is 0 Å². The third kappa shape index (κ3) is 3.58. The Morgan fingerprint density at radius 2 is 2.17 bits per heavy atom. The van der Waals surface area contributed by atoms with E-state index in [1.165, 1.54) is 26.7 Å². The van der Waals surface area contributed by atoms with Crippen LogP contribution in [0.5, 0.6) is 0 Å². The van der Waals surface area contributed by atoms with Crippen molar-refractivity contribution < 1.29 is 22.7 Å². The molecular formula is C15H19NO5S2. The van der Waals surface area contributed by atoms with Crippen LogP contribution in [-0.2, 0) is 32.2 Å². The number of carbonyl (C=O) groups is 2. The first-order valence-corrected chi connectivity index (χ1v) is 10.2. The van der Waals surface area contributed by atoms with Crippen molar-refractivity contribution in [3.63, 3.8) is 0 Å². The fourth-order valence-corrected chi connectivity index (χ4v) is 5.94. The third-order valence-corrected chi connectivity index (χ3v) is 7.39. The van der Waals surface area contributed by atoms with Crippen molar-refractivity contribution in [3.8, 4) is 0 Å². The van der Waals surface area contributed by atoms with Crippen LogP contribution in [0, 0.1) is 0 Å². The molecule has 1 saturated heterocycles. The van der Waals surface area contributed by atoms with Crippen molar-refractivity contribution in [2.75, 3.05) is 25.2 Å². The van der Waals surface area contributed by atoms with Gasteiger partial charge in [-0.1, -0.05) is 0 Å². The molecule has 0 bridgehead atoms. The lowest BCUT2D eigenvalue weighted by Crippen LogP contribution is -2.40. The van der Waals surface area contributed by atoms with E-state index in [0.29, 0.717) is 11.3 Å². The standard InChI is InChI=1S/C15H19NO5S2/c1-16(11-5-6-23(19,20)9-11)14(17)8-21-15(18)13-7-10-3-2-4-12(10)22-13/h7,11H,2-6,8-9H2,1H3. The molecule has 2 aliphatic rings. The molecule has 8 heteroatoms. The van der Waals surface area contributed by atoms with Crippen LogP contribution in [0.15, 0.2) is 6.07 Å². The van der Waals surface area contributed by atoms with E-state index in [1.54, 1.807) is 7.05 Å². The smallest absolute Gasteiger partial charge is 0.348 e. The second-order valence-corrected chi connectivity index (χ2v) is 9.42. The fraction of sp³-hybridized carbons (Fsp3) is 0.600. The lowest BCUT2D eigenvalue weighted by Gasteiger charge is -2.23. The van der Waals surface area contributed by atoms with Gasteiger partial charge in [0.15, 0.2) is 16.4 Å². The van der Waals surface area contributed by atoms with Gasteiger partial charge >= 0.3 is 5.97 Å². The zero-order chi connectivity index (χ0) is 16.6. The van der Waals surface area contributed by atoms with Gasteiger partial charge in [-0.25, -0.2) is 13.2 Å². The van der Waals surface area contributed by atoms with Gasteiger partial charge in [0.25, 0.3) is 5.91 Å². The molecular weight excluding hydrogens is 338 g/mol. The predicted molar refractivity (Wildman–Crippen MR) is 86.5 cm³/mol. The number of aryl methyl sites for hydroxylation is 2. The number of likely N-dealkylation sites (N-methyl/N-ethyl adjacent to an activating group) is 1. The van der Waals surface area contributed by atoms with Gasteiger partial charge in [0.05, 0.1) is 11.5 Å². The Labute approximate surface area is 139 Å². The lowest BCUT2D eigenvalue weighted by atomic mass is 10.2. The molecule has 23 heavy (non-hydrogen) atoms. The summed E-state index contributed by atoms with van der Waals surface area (Å²) in [5.74, 6) is -0.758. The molecule has 1 aliphatic carbocycles. The molecule has 1 aromatic rings. The quantitative estimate of drug-likeness (QED) is 0.752. The molecule has 1 aliphatic heterocycles. The normalized spacial score (nSPS) is 21.9. The van der Waals surface area contributed by atoms with Gasteiger partial charge < -0.3 is 9.64 Å². The molecule has 1 atom stereocenters. The number of sulfone groups is 1. The van der Waals surface area contributed by atoms with Crippen LogP contribution >= 0.6 is 11.3 Å². The van der Waals surface area contributed by atoms with Gasteiger partial charge in [-0.15, -0.1) is 11.3 Å². The number of rotatable bonds is 4. The Hall–Kier alpha value is -1.41. The van der Waals surface area contributed by atoms with Crippen LogP contribution in [-0.4, -0.2) is 56.4 Å². The number of hydrogen-bond acceptors (Lipinski definition) is 6. The maximum absolute atomic E-state index is 12.1. The van der Waals surface area contributed by atoms with Crippen molar-refractivity contribution in [1.29, 1.82) is 0 Å². The minimum Gasteiger partial charge on any atom is -0.451 e. The first-order valence-electron chi connectivity index (χ1n) is 7.60. The number of esters is 1. The van der Waals surface area contributed by atoms with Gasteiger partial charge in [0.1, 0.15) is 4.88 Å². The first-order chi connectivity index (χ1) is 10.9. The van der Waals surface area contributed by atoms with E-state index in [9.17, 15) is 18.0 Å². The maximum atomic E-state index is 12.1. The molecule has 2 heterocycles. The van der Waals surface area contributed by atoms with Crippen molar-refractivity contribution in [2.45, 2.75) is 31.7 Å². The minimum atomic E-state index is -3.05. The van der Waals surface area contributed by atoms with Gasteiger partial charge in [-0.2, -0.15) is 0 Å². The van der Waals surface area contributed by atoms with E-state index in [-0.39, 0.29) is 30.1 Å². The second-order valence-electron chi connectivity index (χ2n) is 6.05. The third-order valence-electron chi connectivity index (χ3n) is 4.42. The largest absolute Gasteiger partial charge is 0.451 e. The molecule has 126 valence electrons. The van der Waals surface area contributed by atoms with Gasteiger partial charge in [-0.3, -0.25) is 4.79 Å². The number of nitrogens with zero attached hydrogens (tertiary/aromatic N) is 1. The molecule has 0 aromatic carbocycles.